The number of H-pyrrole nitrogens is 1. The van der Waals surface area contributed by atoms with E-state index in [1.807, 2.05) is 6.92 Å². The standard InChI is InChI=1S/C18H18N2O2/c1-11-9-19-18(20-11)8-15(21)5-14-10-22-17-7-13-4-2-3-12(13)6-16(14)17/h6-7,9-10H,2-5,8H2,1H3,(H,19,20). The number of fused-ring (bicyclic) bond motifs is 2. The topological polar surface area (TPSA) is 58.9 Å². The summed E-state index contributed by atoms with van der Waals surface area (Å²) in [5, 5.41) is 1.09. The maximum absolute atomic E-state index is 12.3. The van der Waals surface area contributed by atoms with Crippen LogP contribution in [-0.4, -0.2) is 15.8 Å². The van der Waals surface area contributed by atoms with Gasteiger partial charge in [0, 0.05) is 29.3 Å². The minimum atomic E-state index is 0.151. The maximum atomic E-state index is 12.3. The summed E-state index contributed by atoms with van der Waals surface area (Å²) in [4.78, 5) is 19.6. The maximum Gasteiger partial charge on any atom is 0.144 e. The lowest BCUT2D eigenvalue weighted by molar-refractivity contribution is -0.117. The second-order valence-corrected chi connectivity index (χ2v) is 6.14. The van der Waals surface area contributed by atoms with Crippen LogP contribution in [0.1, 0.15) is 34.6 Å². The molecule has 1 aliphatic carbocycles. The van der Waals surface area contributed by atoms with E-state index in [2.05, 4.69) is 22.1 Å². The van der Waals surface area contributed by atoms with Gasteiger partial charge in [-0.15, -0.1) is 0 Å². The van der Waals surface area contributed by atoms with E-state index in [0.717, 1.165) is 40.9 Å². The Morgan fingerprint density at radius 3 is 2.86 bits per heavy atom. The Kier molecular flexibility index (Phi) is 3.10. The van der Waals surface area contributed by atoms with Crippen molar-refractivity contribution in [1.29, 1.82) is 0 Å². The monoisotopic (exact) mass is 294 g/mol. The smallest absolute Gasteiger partial charge is 0.144 e. The molecule has 0 unspecified atom stereocenters. The SMILES string of the molecule is Cc1cnc(CC(=O)Cc2coc3cc4c(cc23)CCC4)[nH]1. The third kappa shape index (κ3) is 2.34. The quantitative estimate of drug-likeness (QED) is 0.803. The number of furan rings is 1. The second kappa shape index (κ2) is 5.13. The highest BCUT2D eigenvalue weighted by Gasteiger charge is 2.17. The van der Waals surface area contributed by atoms with Crippen LogP contribution in [0.3, 0.4) is 0 Å². The van der Waals surface area contributed by atoms with Crippen molar-refractivity contribution in [3.63, 3.8) is 0 Å². The number of nitrogens with one attached hydrogen (secondary N) is 1. The number of benzene rings is 1. The van der Waals surface area contributed by atoms with Gasteiger partial charge in [-0.2, -0.15) is 0 Å². The van der Waals surface area contributed by atoms with Gasteiger partial charge in [-0.05, 0) is 49.4 Å². The lowest BCUT2D eigenvalue weighted by atomic mass is 10.0. The first-order valence-electron chi connectivity index (χ1n) is 7.73. The van der Waals surface area contributed by atoms with Gasteiger partial charge in [0.2, 0.25) is 0 Å². The molecule has 0 radical (unpaired) electrons. The molecule has 22 heavy (non-hydrogen) atoms. The number of aromatic nitrogens is 2. The summed E-state index contributed by atoms with van der Waals surface area (Å²) >= 11 is 0. The number of aromatic amines is 1. The van der Waals surface area contributed by atoms with Gasteiger partial charge in [0.25, 0.3) is 0 Å². The molecule has 1 N–H and O–H groups in total. The highest BCUT2D eigenvalue weighted by Crippen LogP contribution is 2.30. The summed E-state index contributed by atoms with van der Waals surface area (Å²) in [6, 6.07) is 4.35. The molecule has 0 aliphatic heterocycles. The molecule has 0 bridgehead atoms. The molecular formula is C18H18N2O2. The molecule has 4 rings (SSSR count). The number of carbonyl (C=O) groups excluding carboxylic acids is 1. The lowest BCUT2D eigenvalue weighted by Crippen LogP contribution is -2.07. The zero-order chi connectivity index (χ0) is 15.1. The number of rotatable bonds is 4. The fourth-order valence-corrected chi connectivity index (χ4v) is 3.30. The summed E-state index contributed by atoms with van der Waals surface area (Å²) in [5.41, 5.74) is 5.66. The van der Waals surface area contributed by atoms with Gasteiger partial charge in [-0.25, -0.2) is 4.98 Å². The molecule has 0 saturated heterocycles. The lowest BCUT2D eigenvalue weighted by Gasteiger charge is -2.01. The molecule has 4 nitrogen and oxygen atoms in total. The van der Waals surface area contributed by atoms with Crippen LogP contribution in [0, 0.1) is 6.92 Å². The Morgan fingerprint density at radius 2 is 2.09 bits per heavy atom. The van der Waals surface area contributed by atoms with E-state index in [4.69, 9.17) is 4.42 Å². The molecular weight excluding hydrogens is 276 g/mol. The minimum absolute atomic E-state index is 0.151. The number of aryl methyl sites for hydroxylation is 3. The molecule has 112 valence electrons. The summed E-state index contributed by atoms with van der Waals surface area (Å²) in [6.07, 6.45) is 7.70. The molecule has 2 aromatic heterocycles. The normalized spacial score (nSPS) is 13.7. The summed E-state index contributed by atoms with van der Waals surface area (Å²) < 4.78 is 5.65. The number of nitrogens with zero attached hydrogens (tertiary/aromatic N) is 1. The molecule has 3 aromatic rings. The van der Waals surface area contributed by atoms with Crippen LogP contribution in [-0.2, 0) is 30.5 Å². The third-order valence-corrected chi connectivity index (χ3v) is 4.38. The molecule has 0 amide bonds. The molecule has 0 spiro atoms. The van der Waals surface area contributed by atoms with Crippen molar-refractivity contribution in [2.45, 2.75) is 39.0 Å². The first-order valence-corrected chi connectivity index (χ1v) is 7.73. The Hall–Kier alpha value is -2.36. The van der Waals surface area contributed by atoms with Crippen LogP contribution < -0.4 is 0 Å². The van der Waals surface area contributed by atoms with E-state index in [0.29, 0.717) is 12.8 Å². The van der Waals surface area contributed by atoms with Crippen LogP contribution >= 0.6 is 0 Å². The van der Waals surface area contributed by atoms with Gasteiger partial charge < -0.3 is 9.40 Å². The van der Waals surface area contributed by atoms with Crippen molar-refractivity contribution in [2.24, 2.45) is 0 Å². The Morgan fingerprint density at radius 1 is 1.27 bits per heavy atom. The predicted molar refractivity (Wildman–Crippen MR) is 84.0 cm³/mol. The third-order valence-electron chi connectivity index (χ3n) is 4.38. The Bertz CT molecular complexity index is 857. The van der Waals surface area contributed by atoms with Gasteiger partial charge in [0.15, 0.2) is 0 Å². The van der Waals surface area contributed by atoms with Gasteiger partial charge in [-0.1, -0.05) is 0 Å². The number of imidazole rings is 1. The van der Waals surface area contributed by atoms with Crippen molar-refractivity contribution in [3.05, 3.63) is 52.8 Å². The van der Waals surface area contributed by atoms with Crippen LogP contribution in [0.4, 0.5) is 0 Å². The Balaban J connectivity index is 1.57. The van der Waals surface area contributed by atoms with Gasteiger partial charge in [-0.3, -0.25) is 4.79 Å². The van der Waals surface area contributed by atoms with Crippen molar-refractivity contribution in [1.82, 2.24) is 9.97 Å². The summed E-state index contributed by atoms with van der Waals surface area (Å²) in [5.74, 6) is 0.883. The fraction of sp³-hybridized carbons (Fsp3) is 0.333. The largest absolute Gasteiger partial charge is 0.464 e. The average molecular weight is 294 g/mol. The van der Waals surface area contributed by atoms with E-state index in [-0.39, 0.29) is 5.78 Å². The van der Waals surface area contributed by atoms with Crippen LogP contribution in [0.2, 0.25) is 0 Å². The molecule has 2 heterocycles. The molecule has 4 heteroatoms. The van der Waals surface area contributed by atoms with E-state index < -0.39 is 0 Å². The van der Waals surface area contributed by atoms with Crippen LogP contribution in [0.25, 0.3) is 11.0 Å². The highest BCUT2D eigenvalue weighted by molar-refractivity contribution is 5.90. The minimum Gasteiger partial charge on any atom is -0.464 e. The summed E-state index contributed by atoms with van der Waals surface area (Å²) in [6.45, 7) is 1.94. The van der Waals surface area contributed by atoms with Gasteiger partial charge >= 0.3 is 0 Å². The van der Waals surface area contributed by atoms with E-state index in [1.165, 1.54) is 17.5 Å². The number of hydrogen-bond acceptors (Lipinski definition) is 3. The summed E-state index contributed by atoms with van der Waals surface area (Å²) in [7, 11) is 0. The van der Waals surface area contributed by atoms with E-state index in [1.54, 1.807) is 12.5 Å². The zero-order valence-electron chi connectivity index (χ0n) is 12.6. The first-order chi connectivity index (χ1) is 10.7. The zero-order valence-corrected chi connectivity index (χ0v) is 12.6. The number of carbonyl (C=O) groups is 1. The highest BCUT2D eigenvalue weighted by atomic mass is 16.3. The van der Waals surface area contributed by atoms with E-state index in [9.17, 15) is 4.79 Å². The van der Waals surface area contributed by atoms with Gasteiger partial charge in [0.1, 0.15) is 17.2 Å². The number of ketones is 1. The molecule has 1 aromatic carbocycles. The van der Waals surface area contributed by atoms with E-state index >= 15 is 0 Å². The number of hydrogen-bond donors (Lipinski definition) is 1. The fourth-order valence-electron chi connectivity index (χ4n) is 3.30. The average Bonchev–Trinajstić information content (AvgIpc) is 3.18. The second-order valence-electron chi connectivity index (χ2n) is 6.14. The van der Waals surface area contributed by atoms with Gasteiger partial charge in [0.05, 0.1) is 12.7 Å². The molecule has 0 atom stereocenters. The van der Waals surface area contributed by atoms with Crippen molar-refractivity contribution < 1.29 is 9.21 Å². The van der Waals surface area contributed by atoms with Crippen molar-refractivity contribution >= 4 is 16.8 Å². The van der Waals surface area contributed by atoms with Crippen molar-refractivity contribution in [2.75, 3.05) is 0 Å². The van der Waals surface area contributed by atoms with Crippen molar-refractivity contribution in [3.8, 4) is 0 Å². The predicted octanol–water partition coefficient (Wildman–Crippen LogP) is 3.31. The Labute approximate surface area is 128 Å². The first kappa shape index (κ1) is 13.3. The van der Waals surface area contributed by atoms with Crippen LogP contribution in [0.5, 0.6) is 0 Å². The molecule has 0 fully saturated rings. The molecule has 0 saturated carbocycles. The molecule has 1 aliphatic rings. The number of Topliss-reactive ketones (excluding diaryl/α,β-unsaturated/α-hetero) is 1. The van der Waals surface area contributed by atoms with Crippen LogP contribution in [0.15, 0.2) is 29.0 Å².